The fraction of sp³-hybridized carbons (Fsp3) is 0.250. The molecule has 0 aromatic heterocycles. The second-order valence-corrected chi connectivity index (χ2v) is 7.45. The molecule has 0 amide bonds. The summed E-state index contributed by atoms with van der Waals surface area (Å²) >= 11 is 6.03. The predicted octanol–water partition coefficient (Wildman–Crippen LogP) is 7.24. The Bertz CT molecular complexity index is 863. The van der Waals surface area contributed by atoms with Crippen LogP contribution in [-0.2, 0) is 6.61 Å². The van der Waals surface area contributed by atoms with E-state index >= 15 is 0 Å². The molecule has 4 rings (SSSR count). The van der Waals surface area contributed by atoms with Crippen molar-refractivity contribution in [1.82, 2.24) is 0 Å². The number of hydrogen-bond acceptors (Lipinski definition) is 1. The van der Waals surface area contributed by atoms with E-state index in [0.717, 1.165) is 16.3 Å². The number of rotatable bonds is 5. The van der Waals surface area contributed by atoms with Crippen LogP contribution < -0.4 is 4.74 Å². The van der Waals surface area contributed by atoms with Gasteiger partial charge in [0.05, 0.1) is 0 Å². The number of hydrogen-bond donors (Lipinski definition) is 0. The van der Waals surface area contributed by atoms with Crippen molar-refractivity contribution in [3.63, 3.8) is 0 Å². The summed E-state index contributed by atoms with van der Waals surface area (Å²) in [6, 6.07) is 25.1. The maximum absolute atomic E-state index is 6.03. The molecule has 0 unspecified atom stereocenters. The molecule has 1 saturated carbocycles. The minimum Gasteiger partial charge on any atom is -0.489 e. The van der Waals surface area contributed by atoms with Gasteiger partial charge in [-0.1, -0.05) is 73.0 Å². The first-order valence-electron chi connectivity index (χ1n) is 9.36. The molecule has 0 bridgehead atoms. The zero-order valence-corrected chi connectivity index (χ0v) is 15.6. The molecule has 0 saturated heterocycles. The first kappa shape index (κ1) is 17.2. The molecule has 0 heterocycles. The molecule has 1 fully saturated rings. The normalized spacial score (nSPS) is 14.5. The smallest absolute Gasteiger partial charge is 0.119 e. The van der Waals surface area contributed by atoms with Gasteiger partial charge in [0.2, 0.25) is 0 Å². The molecular formula is C24H23ClO. The van der Waals surface area contributed by atoms with E-state index in [4.69, 9.17) is 16.3 Å². The zero-order chi connectivity index (χ0) is 17.8. The van der Waals surface area contributed by atoms with Gasteiger partial charge in [0.1, 0.15) is 12.4 Å². The lowest BCUT2D eigenvalue weighted by Gasteiger charge is -2.16. The minimum atomic E-state index is 0.526. The molecule has 3 aromatic rings. The Morgan fingerprint density at radius 1 is 0.846 bits per heavy atom. The van der Waals surface area contributed by atoms with Crippen LogP contribution in [0.4, 0.5) is 0 Å². The van der Waals surface area contributed by atoms with E-state index in [-0.39, 0.29) is 0 Å². The highest BCUT2D eigenvalue weighted by Crippen LogP contribution is 2.39. The second-order valence-electron chi connectivity index (χ2n) is 7.01. The maximum Gasteiger partial charge on any atom is 0.119 e. The van der Waals surface area contributed by atoms with Crippen LogP contribution in [0.2, 0.25) is 5.02 Å². The number of ether oxygens (including phenoxy) is 1. The Morgan fingerprint density at radius 3 is 2.38 bits per heavy atom. The van der Waals surface area contributed by atoms with Gasteiger partial charge in [-0.2, -0.15) is 0 Å². The topological polar surface area (TPSA) is 9.23 Å². The second kappa shape index (κ2) is 7.97. The SMILES string of the molecule is Clc1cccc(COc2ccc(-c3ccccc3C3CCCC3)cc2)c1. The third-order valence-corrected chi connectivity index (χ3v) is 5.45. The van der Waals surface area contributed by atoms with Crippen LogP contribution in [0, 0.1) is 0 Å². The molecule has 3 aromatic carbocycles. The van der Waals surface area contributed by atoms with Crippen LogP contribution >= 0.6 is 11.6 Å². The van der Waals surface area contributed by atoms with Gasteiger partial charge >= 0.3 is 0 Å². The quantitative estimate of drug-likeness (QED) is 0.464. The van der Waals surface area contributed by atoms with E-state index < -0.39 is 0 Å². The van der Waals surface area contributed by atoms with E-state index in [1.54, 1.807) is 0 Å². The van der Waals surface area contributed by atoms with Crippen LogP contribution in [0.3, 0.4) is 0 Å². The van der Waals surface area contributed by atoms with Crippen molar-refractivity contribution in [1.29, 1.82) is 0 Å². The van der Waals surface area contributed by atoms with E-state index in [2.05, 4.69) is 48.5 Å². The fourth-order valence-electron chi connectivity index (χ4n) is 3.88. The minimum absolute atomic E-state index is 0.526. The molecule has 1 aliphatic rings. The van der Waals surface area contributed by atoms with Gasteiger partial charge in [0, 0.05) is 5.02 Å². The van der Waals surface area contributed by atoms with Crippen LogP contribution in [0.25, 0.3) is 11.1 Å². The standard InChI is InChI=1S/C24H23ClO/c25-21-9-5-6-18(16-21)17-26-22-14-12-20(13-15-22)24-11-4-3-10-23(24)19-7-1-2-8-19/h3-6,9-16,19H,1-2,7-8,17H2. The third-order valence-electron chi connectivity index (χ3n) is 5.22. The zero-order valence-electron chi connectivity index (χ0n) is 14.8. The van der Waals surface area contributed by atoms with Gasteiger partial charge in [-0.3, -0.25) is 0 Å². The molecule has 0 radical (unpaired) electrons. The molecule has 0 spiro atoms. The summed E-state index contributed by atoms with van der Waals surface area (Å²) < 4.78 is 5.91. The number of halogens is 1. The Hall–Kier alpha value is -2.25. The molecule has 132 valence electrons. The maximum atomic E-state index is 6.03. The van der Waals surface area contributed by atoms with Crippen molar-refractivity contribution < 1.29 is 4.74 Å². The third kappa shape index (κ3) is 3.94. The van der Waals surface area contributed by atoms with E-state index in [9.17, 15) is 0 Å². The molecule has 1 aliphatic carbocycles. The molecule has 2 heteroatoms. The van der Waals surface area contributed by atoms with Crippen LogP contribution in [0.5, 0.6) is 5.75 Å². The van der Waals surface area contributed by atoms with Gasteiger partial charge in [-0.05, 0) is 65.3 Å². The first-order valence-corrected chi connectivity index (χ1v) is 9.74. The van der Waals surface area contributed by atoms with Crippen molar-refractivity contribution in [3.05, 3.63) is 88.9 Å². The first-order chi connectivity index (χ1) is 12.8. The average molecular weight is 363 g/mol. The highest BCUT2D eigenvalue weighted by atomic mass is 35.5. The lowest BCUT2D eigenvalue weighted by atomic mass is 9.89. The van der Waals surface area contributed by atoms with Crippen molar-refractivity contribution in [3.8, 4) is 16.9 Å². The van der Waals surface area contributed by atoms with Crippen molar-refractivity contribution in [2.75, 3.05) is 0 Å². The summed E-state index contributed by atoms with van der Waals surface area (Å²) in [5, 5.41) is 0.741. The Morgan fingerprint density at radius 2 is 1.62 bits per heavy atom. The van der Waals surface area contributed by atoms with Gasteiger partial charge in [-0.15, -0.1) is 0 Å². The van der Waals surface area contributed by atoms with Crippen LogP contribution in [-0.4, -0.2) is 0 Å². The fourth-order valence-corrected chi connectivity index (χ4v) is 4.09. The summed E-state index contributed by atoms with van der Waals surface area (Å²) in [4.78, 5) is 0. The highest BCUT2D eigenvalue weighted by molar-refractivity contribution is 6.30. The monoisotopic (exact) mass is 362 g/mol. The average Bonchev–Trinajstić information content (AvgIpc) is 3.22. The summed E-state index contributed by atoms with van der Waals surface area (Å²) in [6.07, 6.45) is 5.35. The summed E-state index contributed by atoms with van der Waals surface area (Å²) in [7, 11) is 0. The molecular weight excluding hydrogens is 340 g/mol. The van der Waals surface area contributed by atoms with Gasteiger partial charge < -0.3 is 4.74 Å². The molecule has 0 aliphatic heterocycles. The molecule has 0 atom stereocenters. The van der Waals surface area contributed by atoms with E-state index in [0.29, 0.717) is 12.5 Å². The van der Waals surface area contributed by atoms with Crippen molar-refractivity contribution in [2.45, 2.75) is 38.2 Å². The summed E-state index contributed by atoms with van der Waals surface area (Å²) in [5.74, 6) is 1.59. The number of benzene rings is 3. The Balaban J connectivity index is 1.49. The Labute approximate surface area is 160 Å². The van der Waals surface area contributed by atoms with E-state index in [1.807, 2.05) is 24.3 Å². The van der Waals surface area contributed by atoms with Gasteiger partial charge in [-0.25, -0.2) is 0 Å². The van der Waals surface area contributed by atoms with Crippen molar-refractivity contribution in [2.24, 2.45) is 0 Å². The highest BCUT2D eigenvalue weighted by Gasteiger charge is 2.19. The Kier molecular flexibility index (Phi) is 5.26. The molecule has 0 N–H and O–H groups in total. The molecule has 26 heavy (non-hydrogen) atoms. The van der Waals surface area contributed by atoms with Crippen LogP contribution in [0.15, 0.2) is 72.8 Å². The predicted molar refractivity (Wildman–Crippen MR) is 109 cm³/mol. The summed E-state index contributed by atoms with van der Waals surface area (Å²) in [5.41, 5.74) is 5.20. The summed E-state index contributed by atoms with van der Waals surface area (Å²) in [6.45, 7) is 0.526. The van der Waals surface area contributed by atoms with Gasteiger partial charge in [0.15, 0.2) is 0 Å². The largest absolute Gasteiger partial charge is 0.489 e. The lowest BCUT2D eigenvalue weighted by molar-refractivity contribution is 0.306. The van der Waals surface area contributed by atoms with Crippen LogP contribution in [0.1, 0.15) is 42.7 Å². The molecule has 1 nitrogen and oxygen atoms in total. The lowest BCUT2D eigenvalue weighted by Crippen LogP contribution is -1.97. The van der Waals surface area contributed by atoms with E-state index in [1.165, 1.54) is 42.4 Å². The van der Waals surface area contributed by atoms with Gasteiger partial charge in [0.25, 0.3) is 0 Å². The van der Waals surface area contributed by atoms with Crippen molar-refractivity contribution >= 4 is 11.6 Å².